The van der Waals surface area contributed by atoms with Crippen LogP contribution in [0.3, 0.4) is 0 Å². The van der Waals surface area contributed by atoms with Crippen molar-refractivity contribution in [2.45, 2.75) is 6.04 Å². The second-order valence-electron chi connectivity index (χ2n) is 6.70. The van der Waals surface area contributed by atoms with Crippen LogP contribution in [0, 0.1) is 11.6 Å². The number of carbonyl (C=O) groups is 2. The molecule has 150 valence electrons. The Bertz CT molecular complexity index is 823. The SMILES string of the molecule is CN1CCN([C@@H](CNC(=O)C(=O)Nc2ccc(F)cc2F)c2ccsc2)CC1. The molecule has 0 saturated carbocycles. The number of nitrogens with zero attached hydrogens (tertiary/aromatic N) is 2. The Morgan fingerprint density at radius 3 is 2.54 bits per heavy atom. The molecule has 0 unspecified atom stereocenters. The molecule has 28 heavy (non-hydrogen) atoms. The largest absolute Gasteiger partial charge is 0.346 e. The maximum Gasteiger partial charge on any atom is 0.313 e. The molecule has 2 heterocycles. The molecular formula is C19H22F2N4O2S. The quantitative estimate of drug-likeness (QED) is 0.744. The summed E-state index contributed by atoms with van der Waals surface area (Å²) in [6.45, 7) is 3.84. The molecule has 2 amide bonds. The highest BCUT2D eigenvalue weighted by molar-refractivity contribution is 7.08. The summed E-state index contributed by atoms with van der Waals surface area (Å²) < 4.78 is 26.6. The summed E-state index contributed by atoms with van der Waals surface area (Å²) in [4.78, 5) is 28.8. The van der Waals surface area contributed by atoms with Gasteiger partial charge in [-0.2, -0.15) is 11.3 Å². The third kappa shape index (κ3) is 5.12. The van der Waals surface area contributed by atoms with Crippen molar-refractivity contribution < 1.29 is 18.4 Å². The van der Waals surface area contributed by atoms with E-state index in [0.717, 1.165) is 43.9 Å². The number of amides is 2. The van der Waals surface area contributed by atoms with Crippen molar-refractivity contribution in [1.82, 2.24) is 15.1 Å². The van der Waals surface area contributed by atoms with Crippen LogP contribution in [0.4, 0.5) is 14.5 Å². The number of hydrogen-bond donors (Lipinski definition) is 2. The van der Waals surface area contributed by atoms with E-state index < -0.39 is 23.4 Å². The van der Waals surface area contributed by atoms with E-state index in [1.807, 2.05) is 16.8 Å². The van der Waals surface area contributed by atoms with E-state index in [1.54, 1.807) is 11.3 Å². The highest BCUT2D eigenvalue weighted by Crippen LogP contribution is 2.23. The Labute approximate surface area is 166 Å². The second-order valence-corrected chi connectivity index (χ2v) is 7.48. The predicted octanol–water partition coefficient (Wildman–Crippen LogP) is 2.07. The van der Waals surface area contributed by atoms with E-state index in [9.17, 15) is 18.4 Å². The Kier molecular flexibility index (Phi) is 6.71. The van der Waals surface area contributed by atoms with Crippen molar-refractivity contribution in [3.8, 4) is 0 Å². The number of thiophene rings is 1. The molecule has 1 aromatic heterocycles. The molecule has 2 N–H and O–H groups in total. The molecule has 1 atom stereocenters. The molecule has 0 radical (unpaired) electrons. The molecule has 3 rings (SSSR count). The van der Waals surface area contributed by atoms with Crippen LogP contribution in [0.1, 0.15) is 11.6 Å². The van der Waals surface area contributed by atoms with Crippen LogP contribution in [0.5, 0.6) is 0 Å². The van der Waals surface area contributed by atoms with Crippen molar-refractivity contribution in [1.29, 1.82) is 0 Å². The summed E-state index contributed by atoms with van der Waals surface area (Å²) in [5.41, 5.74) is 0.842. The highest BCUT2D eigenvalue weighted by atomic mass is 32.1. The van der Waals surface area contributed by atoms with Gasteiger partial charge in [0.1, 0.15) is 11.6 Å². The third-order valence-corrected chi connectivity index (χ3v) is 5.45. The Morgan fingerprint density at radius 1 is 1.14 bits per heavy atom. The maximum absolute atomic E-state index is 13.7. The fraction of sp³-hybridized carbons (Fsp3) is 0.368. The number of hydrogen-bond acceptors (Lipinski definition) is 5. The lowest BCUT2D eigenvalue weighted by atomic mass is 10.1. The minimum Gasteiger partial charge on any atom is -0.346 e. The molecule has 1 aliphatic rings. The first-order valence-electron chi connectivity index (χ1n) is 8.93. The number of likely N-dealkylation sites (N-methyl/N-ethyl adjacent to an activating group) is 1. The van der Waals surface area contributed by atoms with E-state index in [-0.39, 0.29) is 18.3 Å². The Balaban J connectivity index is 1.60. The third-order valence-electron chi connectivity index (χ3n) is 4.75. The number of halogens is 2. The topological polar surface area (TPSA) is 64.7 Å². The van der Waals surface area contributed by atoms with Gasteiger partial charge in [0.2, 0.25) is 0 Å². The van der Waals surface area contributed by atoms with Crippen molar-refractivity contribution in [2.24, 2.45) is 0 Å². The van der Waals surface area contributed by atoms with Gasteiger partial charge in [0, 0.05) is 38.8 Å². The van der Waals surface area contributed by atoms with E-state index in [0.29, 0.717) is 6.07 Å². The number of benzene rings is 1. The molecule has 1 aromatic carbocycles. The van der Waals surface area contributed by atoms with Gasteiger partial charge in [-0.05, 0) is 41.6 Å². The summed E-state index contributed by atoms with van der Waals surface area (Å²) in [7, 11) is 2.07. The van der Waals surface area contributed by atoms with Gasteiger partial charge in [-0.3, -0.25) is 14.5 Å². The lowest BCUT2D eigenvalue weighted by molar-refractivity contribution is -0.136. The minimum atomic E-state index is -0.993. The first-order valence-corrected chi connectivity index (χ1v) is 9.87. The second kappa shape index (κ2) is 9.22. The minimum absolute atomic E-state index is 0.0424. The van der Waals surface area contributed by atoms with Crippen molar-refractivity contribution in [3.05, 3.63) is 52.2 Å². The molecule has 0 bridgehead atoms. The van der Waals surface area contributed by atoms with Gasteiger partial charge in [0.15, 0.2) is 0 Å². The van der Waals surface area contributed by atoms with Gasteiger partial charge < -0.3 is 15.5 Å². The van der Waals surface area contributed by atoms with Gasteiger partial charge in [-0.25, -0.2) is 8.78 Å². The summed E-state index contributed by atoms with van der Waals surface area (Å²) in [5, 5.41) is 8.81. The van der Waals surface area contributed by atoms with Gasteiger partial charge in [-0.1, -0.05) is 0 Å². The van der Waals surface area contributed by atoms with Crippen molar-refractivity contribution >= 4 is 28.8 Å². The summed E-state index contributed by atoms with van der Waals surface area (Å²) >= 11 is 1.58. The van der Waals surface area contributed by atoms with Gasteiger partial charge in [-0.15, -0.1) is 0 Å². The normalized spacial score (nSPS) is 16.5. The van der Waals surface area contributed by atoms with Gasteiger partial charge in [0.05, 0.1) is 11.7 Å². The fourth-order valence-electron chi connectivity index (χ4n) is 3.10. The average molecular weight is 408 g/mol. The molecule has 2 aromatic rings. The summed E-state index contributed by atoms with van der Waals surface area (Å²) in [6, 6.07) is 4.70. The zero-order chi connectivity index (χ0) is 20.1. The van der Waals surface area contributed by atoms with Crippen LogP contribution in [-0.4, -0.2) is 61.4 Å². The molecule has 0 aliphatic carbocycles. The zero-order valence-electron chi connectivity index (χ0n) is 15.5. The smallest absolute Gasteiger partial charge is 0.313 e. The van der Waals surface area contributed by atoms with Gasteiger partial charge in [0.25, 0.3) is 0 Å². The lowest BCUT2D eigenvalue weighted by Gasteiger charge is -2.37. The Morgan fingerprint density at radius 2 is 1.89 bits per heavy atom. The lowest BCUT2D eigenvalue weighted by Crippen LogP contribution is -2.49. The number of nitrogens with one attached hydrogen (secondary N) is 2. The first-order chi connectivity index (χ1) is 13.4. The van der Waals surface area contributed by atoms with Crippen LogP contribution in [0.25, 0.3) is 0 Å². The standard InChI is InChI=1S/C19H22F2N4O2S/c1-24-5-7-25(8-6-24)17(13-4-9-28-12-13)11-22-18(26)19(27)23-16-3-2-14(20)10-15(16)21/h2-4,9-10,12,17H,5-8,11H2,1H3,(H,22,26)(H,23,27)/t17-/m0/s1. The van der Waals surface area contributed by atoms with E-state index in [4.69, 9.17) is 0 Å². The zero-order valence-corrected chi connectivity index (χ0v) is 16.3. The Hall–Kier alpha value is -2.36. The van der Waals surface area contributed by atoms with Crippen LogP contribution >= 0.6 is 11.3 Å². The molecule has 1 aliphatic heterocycles. The van der Waals surface area contributed by atoms with Crippen LogP contribution in [0.15, 0.2) is 35.0 Å². The number of anilines is 1. The van der Waals surface area contributed by atoms with Crippen LogP contribution in [0.2, 0.25) is 0 Å². The summed E-state index contributed by atoms with van der Waals surface area (Å²) in [6.07, 6.45) is 0. The van der Waals surface area contributed by atoms with E-state index in [1.165, 1.54) is 0 Å². The van der Waals surface area contributed by atoms with Gasteiger partial charge >= 0.3 is 11.8 Å². The number of carbonyl (C=O) groups excluding carboxylic acids is 2. The molecular weight excluding hydrogens is 386 g/mol. The van der Waals surface area contributed by atoms with E-state index in [2.05, 4.69) is 27.5 Å². The summed E-state index contributed by atoms with van der Waals surface area (Å²) in [5.74, 6) is -3.55. The number of piperazine rings is 1. The fourth-order valence-corrected chi connectivity index (χ4v) is 3.80. The average Bonchev–Trinajstić information content (AvgIpc) is 3.19. The molecule has 9 heteroatoms. The first kappa shape index (κ1) is 20.4. The molecule has 0 spiro atoms. The maximum atomic E-state index is 13.7. The molecule has 1 fully saturated rings. The number of rotatable bonds is 5. The van der Waals surface area contributed by atoms with Crippen molar-refractivity contribution in [2.75, 3.05) is 45.1 Å². The van der Waals surface area contributed by atoms with Crippen molar-refractivity contribution in [3.63, 3.8) is 0 Å². The van der Waals surface area contributed by atoms with E-state index >= 15 is 0 Å². The van der Waals surface area contributed by atoms with Crippen LogP contribution < -0.4 is 10.6 Å². The van der Waals surface area contributed by atoms with Crippen LogP contribution in [-0.2, 0) is 9.59 Å². The molecule has 1 saturated heterocycles. The highest BCUT2D eigenvalue weighted by Gasteiger charge is 2.26. The predicted molar refractivity (Wildman–Crippen MR) is 104 cm³/mol. The monoisotopic (exact) mass is 408 g/mol. The molecule has 6 nitrogen and oxygen atoms in total.